The largest absolute Gasteiger partial charge is 0.379 e. The molecular formula is C16H29N3O2. The third kappa shape index (κ3) is 6.06. The predicted octanol–water partition coefficient (Wildman–Crippen LogP) is 2.10. The van der Waals surface area contributed by atoms with E-state index in [1.165, 1.54) is 31.3 Å². The summed E-state index contributed by atoms with van der Waals surface area (Å²) in [6, 6.07) is -0.0886. The van der Waals surface area contributed by atoms with Gasteiger partial charge in [-0.15, -0.1) is 0 Å². The normalized spacial score (nSPS) is 21.5. The van der Waals surface area contributed by atoms with Gasteiger partial charge in [-0.05, 0) is 38.6 Å². The van der Waals surface area contributed by atoms with Gasteiger partial charge in [0, 0.05) is 25.8 Å². The van der Waals surface area contributed by atoms with Crippen molar-refractivity contribution in [3.63, 3.8) is 0 Å². The molecule has 2 aliphatic rings. The molecule has 1 saturated carbocycles. The zero-order chi connectivity index (χ0) is 14.9. The molecule has 1 saturated heterocycles. The minimum absolute atomic E-state index is 0.0886. The fraction of sp³-hybridized carbons (Fsp3) is 0.812. The first-order valence-corrected chi connectivity index (χ1v) is 8.27. The Labute approximate surface area is 128 Å². The van der Waals surface area contributed by atoms with E-state index in [1.807, 2.05) is 6.20 Å². The van der Waals surface area contributed by atoms with Gasteiger partial charge in [0.25, 0.3) is 0 Å². The number of rotatable bonds is 6. The first kappa shape index (κ1) is 16.3. The number of ether oxygens (including phenoxy) is 1. The average Bonchev–Trinajstić information content (AvgIpc) is 3.05. The number of nitrogens with one attached hydrogen (secondary N) is 2. The highest BCUT2D eigenvalue weighted by Gasteiger charge is 2.16. The van der Waals surface area contributed by atoms with E-state index >= 15 is 0 Å². The van der Waals surface area contributed by atoms with Crippen LogP contribution in [-0.2, 0) is 4.74 Å². The van der Waals surface area contributed by atoms with Gasteiger partial charge < -0.3 is 15.4 Å². The summed E-state index contributed by atoms with van der Waals surface area (Å²) < 4.78 is 5.31. The second-order valence-electron chi connectivity index (χ2n) is 6.08. The highest BCUT2D eigenvalue weighted by Crippen LogP contribution is 2.30. The summed E-state index contributed by atoms with van der Waals surface area (Å²) in [6.45, 7) is 7.55. The van der Waals surface area contributed by atoms with Crippen molar-refractivity contribution in [3.05, 3.63) is 11.8 Å². The Morgan fingerprint density at radius 3 is 2.71 bits per heavy atom. The third-order valence-electron chi connectivity index (χ3n) is 4.47. The Morgan fingerprint density at radius 2 is 2.00 bits per heavy atom. The van der Waals surface area contributed by atoms with E-state index in [4.69, 9.17) is 4.74 Å². The van der Waals surface area contributed by atoms with E-state index in [0.717, 1.165) is 45.8 Å². The monoisotopic (exact) mass is 295 g/mol. The number of carbonyl (C=O) groups excluding carboxylic acids is 1. The molecule has 120 valence electrons. The van der Waals surface area contributed by atoms with E-state index in [0.29, 0.717) is 5.92 Å². The highest BCUT2D eigenvalue weighted by molar-refractivity contribution is 5.74. The van der Waals surface area contributed by atoms with Crippen LogP contribution >= 0.6 is 0 Å². The highest BCUT2D eigenvalue weighted by atomic mass is 16.5. The van der Waals surface area contributed by atoms with Crippen LogP contribution in [0.2, 0.25) is 0 Å². The number of hydrogen-bond acceptors (Lipinski definition) is 3. The molecule has 5 heteroatoms. The van der Waals surface area contributed by atoms with Gasteiger partial charge in [-0.1, -0.05) is 18.4 Å². The maximum atomic E-state index is 11.7. The second-order valence-corrected chi connectivity index (χ2v) is 6.08. The molecule has 0 unspecified atom stereocenters. The van der Waals surface area contributed by atoms with Gasteiger partial charge in [0.15, 0.2) is 0 Å². The van der Waals surface area contributed by atoms with Gasteiger partial charge in [-0.3, -0.25) is 4.90 Å². The zero-order valence-electron chi connectivity index (χ0n) is 13.2. The van der Waals surface area contributed by atoms with Crippen molar-refractivity contribution in [3.8, 4) is 0 Å². The van der Waals surface area contributed by atoms with Crippen LogP contribution in [0.3, 0.4) is 0 Å². The lowest BCUT2D eigenvalue weighted by atomic mass is 10.0. The Kier molecular flexibility index (Phi) is 7.03. The molecule has 1 aliphatic carbocycles. The van der Waals surface area contributed by atoms with Crippen LogP contribution in [0, 0.1) is 5.92 Å². The van der Waals surface area contributed by atoms with Gasteiger partial charge in [-0.25, -0.2) is 4.79 Å². The maximum absolute atomic E-state index is 11.7. The number of amides is 2. The first-order chi connectivity index (χ1) is 10.3. The molecule has 0 aromatic rings. The molecule has 2 N–H and O–H groups in total. The van der Waals surface area contributed by atoms with Gasteiger partial charge in [-0.2, -0.15) is 0 Å². The molecule has 2 amide bonds. The molecule has 0 radical (unpaired) electrons. The number of urea groups is 1. The molecule has 0 aromatic heterocycles. The van der Waals surface area contributed by atoms with Crippen LogP contribution in [0.15, 0.2) is 11.8 Å². The van der Waals surface area contributed by atoms with E-state index < -0.39 is 0 Å². The van der Waals surface area contributed by atoms with Crippen molar-refractivity contribution in [1.29, 1.82) is 0 Å². The summed E-state index contributed by atoms with van der Waals surface area (Å²) in [6.07, 6.45) is 8.05. The average molecular weight is 295 g/mol. The van der Waals surface area contributed by atoms with Crippen LogP contribution in [0.25, 0.3) is 0 Å². The van der Waals surface area contributed by atoms with Gasteiger partial charge in [0.2, 0.25) is 0 Å². The second kappa shape index (κ2) is 9.05. The van der Waals surface area contributed by atoms with Crippen LogP contribution in [0.4, 0.5) is 4.79 Å². The Morgan fingerprint density at radius 1 is 1.29 bits per heavy atom. The topological polar surface area (TPSA) is 53.6 Å². The van der Waals surface area contributed by atoms with E-state index in [-0.39, 0.29) is 6.03 Å². The summed E-state index contributed by atoms with van der Waals surface area (Å²) in [5.41, 5.74) is 1.30. The Balaban J connectivity index is 1.53. The lowest BCUT2D eigenvalue weighted by Crippen LogP contribution is -2.39. The Bertz CT molecular complexity index is 345. The maximum Gasteiger partial charge on any atom is 0.318 e. The van der Waals surface area contributed by atoms with E-state index in [1.54, 1.807) is 0 Å². The zero-order valence-corrected chi connectivity index (χ0v) is 13.2. The minimum atomic E-state index is -0.0886. The molecule has 5 nitrogen and oxygen atoms in total. The van der Waals surface area contributed by atoms with Crippen molar-refractivity contribution in [2.24, 2.45) is 5.92 Å². The van der Waals surface area contributed by atoms with Gasteiger partial charge in [0.05, 0.1) is 13.2 Å². The van der Waals surface area contributed by atoms with Crippen molar-refractivity contribution in [1.82, 2.24) is 15.5 Å². The SMILES string of the molecule is C/C(=C\NC(=O)NCCCN1CCOCC1)C1CCCC1. The van der Waals surface area contributed by atoms with Crippen LogP contribution in [0.5, 0.6) is 0 Å². The predicted molar refractivity (Wildman–Crippen MR) is 84.1 cm³/mol. The minimum Gasteiger partial charge on any atom is -0.379 e. The molecule has 21 heavy (non-hydrogen) atoms. The number of carbonyl (C=O) groups is 1. The molecule has 1 heterocycles. The molecule has 2 rings (SSSR count). The van der Waals surface area contributed by atoms with E-state index in [9.17, 15) is 4.79 Å². The summed E-state index contributed by atoms with van der Waals surface area (Å²) >= 11 is 0. The standard InChI is InChI=1S/C16H29N3O2/c1-14(15-5-2-3-6-15)13-18-16(20)17-7-4-8-19-9-11-21-12-10-19/h13,15H,2-12H2,1H3,(H2,17,18,20)/b14-13+. The summed E-state index contributed by atoms with van der Waals surface area (Å²) in [5, 5.41) is 5.77. The van der Waals surface area contributed by atoms with Crippen molar-refractivity contribution >= 4 is 6.03 Å². The fourth-order valence-corrected chi connectivity index (χ4v) is 3.06. The van der Waals surface area contributed by atoms with Crippen molar-refractivity contribution in [2.75, 3.05) is 39.4 Å². The quantitative estimate of drug-likeness (QED) is 0.738. The number of hydrogen-bond donors (Lipinski definition) is 2. The molecule has 0 bridgehead atoms. The summed E-state index contributed by atoms with van der Waals surface area (Å²) in [4.78, 5) is 14.1. The summed E-state index contributed by atoms with van der Waals surface area (Å²) in [5.74, 6) is 0.673. The lowest BCUT2D eigenvalue weighted by Gasteiger charge is -2.26. The third-order valence-corrected chi connectivity index (χ3v) is 4.47. The van der Waals surface area contributed by atoms with Crippen molar-refractivity contribution in [2.45, 2.75) is 39.0 Å². The number of morpholine rings is 1. The molecule has 0 atom stereocenters. The van der Waals surface area contributed by atoms with Gasteiger partial charge in [0.1, 0.15) is 0 Å². The van der Waals surface area contributed by atoms with Gasteiger partial charge >= 0.3 is 6.03 Å². The Hall–Kier alpha value is -1.07. The van der Waals surface area contributed by atoms with Crippen molar-refractivity contribution < 1.29 is 9.53 Å². The van der Waals surface area contributed by atoms with E-state index in [2.05, 4.69) is 22.5 Å². The molecular weight excluding hydrogens is 266 g/mol. The van der Waals surface area contributed by atoms with Crippen LogP contribution in [0.1, 0.15) is 39.0 Å². The lowest BCUT2D eigenvalue weighted by molar-refractivity contribution is 0.0375. The molecule has 0 aromatic carbocycles. The molecule has 1 aliphatic heterocycles. The molecule has 2 fully saturated rings. The molecule has 0 spiro atoms. The van der Waals surface area contributed by atoms with Crippen LogP contribution < -0.4 is 10.6 Å². The smallest absolute Gasteiger partial charge is 0.318 e. The van der Waals surface area contributed by atoms with Crippen LogP contribution in [-0.4, -0.2) is 50.3 Å². The number of nitrogens with zero attached hydrogens (tertiary/aromatic N) is 1. The first-order valence-electron chi connectivity index (χ1n) is 8.27. The summed E-state index contributed by atoms with van der Waals surface area (Å²) in [7, 11) is 0. The fourth-order valence-electron chi connectivity index (χ4n) is 3.06. The number of allylic oxidation sites excluding steroid dienone is 1.